The van der Waals surface area contributed by atoms with E-state index in [-0.39, 0.29) is 5.75 Å². The van der Waals surface area contributed by atoms with Gasteiger partial charge in [0, 0.05) is 14.2 Å². The lowest BCUT2D eigenvalue weighted by molar-refractivity contribution is 0.0481. The number of halogens is 1. The minimum atomic E-state index is -1.42. The predicted molar refractivity (Wildman–Crippen MR) is 64.9 cm³/mol. The van der Waals surface area contributed by atoms with Crippen molar-refractivity contribution >= 4 is 30.3 Å². The van der Waals surface area contributed by atoms with Crippen molar-refractivity contribution in [1.29, 1.82) is 0 Å². The van der Waals surface area contributed by atoms with Gasteiger partial charge < -0.3 is 18.9 Å². The molecule has 1 unspecified atom stereocenters. The molecular weight excluding hydrogens is 311 g/mol. The molecule has 1 aromatic rings. The van der Waals surface area contributed by atoms with Crippen LogP contribution in [0.2, 0.25) is 0 Å². The number of carbonyl (C=O) groups is 1. The Morgan fingerprint density at radius 3 is 2.65 bits per heavy atom. The molecule has 7 heteroatoms. The number of benzene rings is 1. The average Bonchev–Trinajstić information content (AvgIpc) is 2.64. The number of rotatable bonds is 3. The Bertz CT molecular complexity index is 460. The third-order valence-electron chi connectivity index (χ3n) is 2.40. The number of cyclic esters (lactones) is 1. The molecule has 0 spiro atoms. The second-order valence-corrected chi connectivity index (χ2v) is 5.89. The maximum Gasteiger partial charge on any atom is 0.339 e. The fraction of sp³-hybridized carbons (Fsp3) is 0.300. The van der Waals surface area contributed by atoms with Gasteiger partial charge in [0.05, 0.1) is 15.6 Å². The van der Waals surface area contributed by atoms with E-state index >= 15 is 0 Å². The standard InChI is InChI=1S/C10H10BrO5P/c1-14-17(15-2)10-7-5(9(13)16-10)3-4-6(11)8(7)12/h3-4,10,12H,1-2H3. The van der Waals surface area contributed by atoms with Gasteiger partial charge in [0.2, 0.25) is 14.2 Å². The van der Waals surface area contributed by atoms with Crippen molar-refractivity contribution in [1.82, 2.24) is 0 Å². The van der Waals surface area contributed by atoms with Crippen molar-refractivity contribution in [3.63, 3.8) is 0 Å². The van der Waals surface area contributed by atoms with Gasteiger partial charge in [0.1, 0.15) is 5.75 Å². The maximum absolute atomic E-state index is 11.6. The molecule has 0 bridgehead atoms. The summed E-state index contributed by atoms with van der Waals surface area (Å²) < 4.78 is 15.9. The van der Waals surface area contributed by atoms with Crippen LogP contribution in [-0.4, -0.2) is 25.3 Å². The molecule has 17 heavy (non-hydrogen) atoms. The summed E-state index contributed by atoms with van der Waals surface area (Å²) in [5, 5.41) is 9.97. The molecule has 1 heterocycles. The number of esters is 1. The summed E-state index contributed by atoms with van der Waals surface area (Å²) in [5.41, 5.74) is 0.761. The normalized spacial score (nSPS) is 18.4. The number of aromatic hydroxyl groups is 1. The minimum Gasteiger partial charge on any atom is -0.506 e. The Kier molecular flexibility index (Phi) is 3.68. The van der Waals surface area contributed by atoms with E-state index in [1.165, 1.54) is 14.2 Å². The molecular formula is C10H10BrO5P. The molecule has 0 amide bonds. The number of phenols is 1. The van der Waals surface area contributed by atoms with Crippen LogP contribution in [0.3, 0.4) is 0 Å². The summed E-state index contributed by atoms with van der Waals surface area (Å²) in [7, 11) is 1.51. The number of fused-ring (bicyclic) bond motifs is 1. The van der Waals surface area contributed by atoms with Gasteiger partial charge in [-0.3, -0.25) is 0 Å². The summed E-state index contributed by atoms with van der Waals surface area (Å²) >= 11 is 3.20. The second kappa shape index (κ2) is 4.90. The van der Waals surface area contributed by atoms with Crippen LogP contribution in [0.5, 0.6) is 5.75 Å². The third-order valence-corrected chi connectivity index (χ3v) is 4.51. The largest absolute Gasteiger partial charge is 0.506 e. The van der Waals surface area contributed by atoms with E-state index in [1.807, 2.05) is 0 Å². The quantitative estimate of drug-likeness (QED) is 0.685. The lowest BCUT2D eigenvalue weighted by Crippen LogP contribution is -1.99. The van der Waals surface area contributed by atoms with Crippen molar-refractivity contribution in [3.05, 3.63) is 27.7 Å². The minimum absolute atomic E-state index is 0.0139. The van der Waals surface area contributed by atoms with Crippen LogP contribution in [0.4, 0.5) is 0 Å². The molecule has 0 radical (unpaired) electrons. The SMILES string of the molecule is COP(OC)C1OC(=O)c2ccc(Br)c(O)c21. The van der Waals surface area contributed by atoms with E-state index in [2.05, 4.69) is 15.9 Å². The summed E-state index contributed by atoms with van der Waals surface area (Å²) in [5.74, 6) is -1.19. The monoisotopic (exact) mass is 320 g/mol. The Morgan fingerprint density at radius 1 is 1.41 bits per heavy atom. The van der Waals surface area contributed by atoms with E-state index in [1.54, 1.807) is 12.1 Å². The van der Waals surface area contributed by atoms with E-state index in [9.17, 15) is 9.90 Å². The predicted octanol–water partition coefficient (Wildman–Crippen LogP) is 2.93. The van der Waals surface area contributed by atoms with Gasteiger partial charge >= 0.3 is 5.97 Å². The smallest absolute Gasteiger partial charge is 0.339 e. The van der Waals surface area contributed by atoms with Gasteiger partial charge in [-0.15, -0.1) is 0 Å². The zero-order valence-electron chi connectivity index (χ0n) is 9.14. The molecule has 92 valence electrons. The summed E-state index contributed by atoms with van der Waals surface area (Å²) in [6.07, 6.45) is 0. The second-order valence-electron chi connectivity index (χ2n) is 3.27. The number of hydrogen-bond donors (Lipinski definition) is 1. The topological polar surface area (TPSA) is 65.0 Å². The molecule has 0 fully saturated rings. The van der Waals surface area contributed by atoms with E-state index in [0.29, 0.717) is 15.6 Å². The van der Waals surface area contributed by atoms with Crippen LogP contribution in [0.15, 0.2) is 16.6 Å². The van der Waals surface area contributed by atoms with Crippen LogP contribution in [-0.2, 0) is 13.8 Å². The molecule has 1 aromatic carbocycles. The molecule has 1 N–H and O–H groups in total. The van der Waals surface area contributed by atoms with Gasteiger partial charge in [-0.2, -0.15) is 0 Å². The van der Waals surface area contributed by atoms with Gasteiger partial charge in [0.15, 0.2) is 0 Å². The Hall–Kier alpha value is -0.680. The molecule has 0 aromatic heterocycles. The van der Waals surface area contributed by atoms with Gasteiger partial charge in [-0.05, 0) is 28.1 Å². The molecule has 1 aliphatic heterocycles. The van der Waals surface area contributed by atoms with Gasteiger partial charge in [-0.25, -0.2) is 4.79 Å². The van der Waals surface area contributed by atoms with Crippen LogP contribution < -0.4 is 0 Å². The Morgan fingerprint density at radius 2 is 2.06 bits per heavy atom. The molecule has 0 aliphatic carbocycles. The summed E-state index contributed by atoms with van der Waals surface area (Å²) in [6, 6.07) is 3.19. The van der Waals surface area contributed by atoms with Crippen molar-refractivity contribution in [2.24, 2.45) is 0 Å². The molecule has 0 saturated carbocycles. The highest BCUT2D eigenvalue weighted by Gasteiger charge is 2.41. The average molecular weight is 321 g/mol. The van der Waals surface area contributed by atoms with Crippen molar-refractivity contribution in [2.45, 2.75) is 5.85 Å². The zero-order valence-corrected chi connectivity index (χ0v) is 11.6. The summed E-state index contributed by atoms with van der Waals surface area (Å²) in [4.78, 5) is 11.6. The first-order chi connectivity index (χ1) is 8.10. The molecule has 2 rings (SSSR count). The highest BCUT2D eigenvalue weighted by atomic mass is 79.9. The molecule has 1 atom stereocenters. The van der Waals surface area contributed by atoms with Crippen LogP contribution in [0.25, 0.3) is 0 Å². The number of phenolic OH excluding ortho intramolecular Hbond substituents is 1. The number of carbonyl (C=O) groups excluding carboxylic acids is 1. The van der Waals surface area contributed by atoms with Crippen LogP contribution in [0.1, 0.15) is 21.8 Å². The fourth-order valence-electron chi connectivity index (χ4n) is 1.65. The van der Waals surface area contributed by atoms with E-state index in [4.69, 9.17) is 13.8 Å². The van der Waals surface area contributed by atoms with Crippen LogP contribution in [0, 0.1) is 0 Å². The summed E-state index contributed by atoms with van der Waals surface area (Å²) in [6.45, 7) is 0. The molecule has 5 nitrogen and oxygen atoms in total. The third kappa shape index (κ3) is 2.06. The van der Waals surface area contributed by atoms with E-state index < -0.39 is 20.2 Å². The number of hydrogen-bond acceptors (Lipinski definition) is 5. The first kappa shape index (κ1) is 12.8. The lowest BCUT2D eigenvalue weighted by atomic mass is 10.1. The number of ether oxygens (including phenoxy) is 1. The fourth-order valence-corrected chi connectivity index (χ4v) is 3.18. The van der Waals surface area contributed by atoms with Gasteiger partial charge in [-0.1, -0.05) is 0 Å². The lowest BCUT2D eigenvalue weighted by Gasteiger charge is -2.19. The highest BCUT2D eigenvalue weighted by Crippen LogP contribution is 2.58. The first-order valence-electron chi connectivity index (χ1n) is 4.70. The zero-order chi connectivity index (χ0) is 12.6. The van der Waals surface area contributed by atoms with Gasteiger partial charge in [0.25, 0.3) is 0 Å². The van der Waals surface area contributed by atoms with Crippen molar-refractivity contribution < 1.29 is 23.7 Å². The van der Waals surface area contributed by atoms with Crippen molar-refractivity contribution in [2.75, 3.05) is 14.2 Å². The molecule has 0 saturated heterocycles. The highest BCUT2D eigenvalue weighted by molar-refractivity contribution is 9.10. The molecule has 1 aliphatic rings. The van der Waals surface area contributed by atoms with Crippen molar-refractivity contribution in [3.8, 4) is 5.75 Å². The Labute approximate surface area is 108 Å². The Balaban J connectivity index is 2.51. The van der Waals surface area contributed by atoms with Crippen LogP contribution >= 0.6 is 24.3 Å². The maximum atomic E-state index is 11.6. The van der Waals surface area contributed by atoms with E-state index in [0.717, 1.165) is 0 Å². The first-order valence-corrected chi connectivity index (χ1v) is 6.74.